The zero-order chi connectivity index (χ0) is 15.6. The van der Waals surface area contributed by atoms with Crippen LogP contribution < -0.4 is 9.47 Å². The van der Waals surface area contributed by atoms with E-state index in [0.717, 1.165) is 38.7 Å². The van der Waals surface area contributed by atoms with Crippen molar-refractivity contribution < 1.29 is 9.47 Å². The fourth-order valence-corrected chi connectivity index (χ4v) is 4.40. The molecule has 3 aromatic rings. The lowest BCUT2D eigenvalue weighted by Gasteiger charge is -2.11. The van der Waals surface area contributed by atoms with Gasteiger partial charge in [0.25, 0.3) is 0 Å². The van der Waals surface area contributed by atoms with E-state index in [1.807, 2.05) is 17.5 Å². The van der Waals surface area contributed by atoms with Crippen molar-refractivity contribution in [2.75, 3.05) is 13.2 Å². The Morgan fingerprint density at radius 3 is 3.09 bits per heavy atom. The number of fused-ring (bicyclic) bond motifs is 2. The zero-order valence-corrected chi connectivity index (χ0v) is 14.5. The van der Waals surface area contributed by atoms with Crippen molar-refractivity contribution in [3.63, 3.8) is 0 Å². The molecular weight excluding hydrogens is 352 g/mol. The van der Waals surface area contributed by atoms with Crippen molar-refractivity contribution in [2.24, 2.45) is 0 Å². The Morgan fingerprint density at radius 2 is 2.13 bits per heavy atom. The molecule has 1 aromatic carbocycles. The molecule has 0 aliphatic carbocycles. The Bertz CT molecular complexity index is 853. The largest absolute Gasteiger partial charge is 0.489 e. The number of hydrogen-bond acceptors (Lipinski definition) is 6. The Hall–Kier alpha value is -1.50. The predicted octanol–water partition coefficient (Wildman–Crippen LogP) is 4.80. The van der Waals surface area contributed by atoms with Crippen molar-refractivity contribution >= 4 is 44.9 Å². The zero-order valence-electron chi connectivity index (χ0n) is 12.1. The highest BCUT2D eigenvalue weighted by atomic mass is 35.5. The minimum Gasteiger partial charge on any atom is -0.489 e. The summed E-state index contributed by atoms with van der Waals surface area (Å²) in [6.45, 7) is 1.29. The van der Waals surface area contributed by atoms with E-state index in [9.17, 15) is 0 Å². The second kappa shape index (κ2) is 6.55. The van der Waals surface area contributed by atoms with E-state index in [2.05, 4.69) is 16.0 Å². The van der Waals surface area contributed by atoms with Gasteiger partial charge in [-0.15, -0.1) is 23.1 Å². The van der Waals surface area contributed by atoms with Gasteiger partial charge in [0, 0.05) is 17.6 Å². The highest BCUT2D eigenvalue weighted by Gasteiger charge is 2.16. The maximum absolute atomic E-state index is 6.34. The highest BCUT2D eigenvalue weighted by Crippen LogP contribution is 2.39. The molecule has 7 heteroatoms. The van der Waals surface area contributed by atoms with Gasteiger partial charge in [0.05, 0.1) is 18.2 Å². The Kier molecular flexibility index (Phi) is 4.29. The molecule has 0 unspecified atom stereocenters. The number of hydrogen-bond donors (Lipinski definition) is 0. The number of halogens is 1. The van der Waals surface area contributed by atoms with Crippen LogP contribution in [0.1, 0.15) is 12.0 Å². The minimum absolute atomic E-state index is 0.600. The third kappa shape index (κ3) is 3.11. The number of rotatable bonds is 3. The third-order valence-corrected chi connectivity index (χ3v) is 5.64. The van der Waals surface area contributed by atoms with Crippen LogP contribution in [0.15, 0.2) is 34.9 Å². The molecule has 4 nitrogen and oxygen atoms in total. The van der Waals surface area contributed by atoms with Crippen LogP contribution in [0.5, 0.6) is 11.5 Å². The second-order valence-electron chi connectivity index (χ2n) is 5.06. The number of nitrogens with zero attached hydrogens (tertiary/aromatic N) is 2. The fourth-order valence-electron chi connectivity index (χ4n) is 2.40. The molecule has 118 valence electrons. The lowest BCUT2D eigenvalue weighted by molar-refractivity contribution is 0.297. The van der Waals surface area contributed by atoms with Crippen LogP contribution in [0.3, 0.4) is 0 Å². The molecule has 23 heavy (non-hydrogen) atoms. The molecule has 0 saturated carbocycles. The summed E-state index contributed by atoms with van der Waals surface area (Å²) in [6.07, 6.45) is 2.48. The van der Waals surface area contributed by atoms with Gasteiger partial charge in [-0.1, -0.05) is 11.6 Å². The number of benzene rings is 1. The smallest absolute Gasteiger partial charge is 0.179 e. The van der Waals surface area contributed by atoms with E-state index in [1.165, 1.54) is 0 Å². The lowest BCUT2D eigenvalue weighted by atomic mass is 10.2. The van der Waals surface area contributed by atoms with Gasteiger partial charge in [-0.2, -0.15) is 0 Å². The van der Waals surface area contributed by atoms with Crippen molar-refractivity contribution in [3.8, 4) is 11.5 Å². The standard InChI is InChI=1S/C16H13ClN2O2S2/c17-12-6-10(7-13-14(12)21-4-1-3-20-13)8-23-16-11-2-5-22-15(11)18-9-19-16/h2,5-7,9H,1,3-4,8H2. The molecule has 0 bridgehead atoms. The van der Waals surface area contributed by atoms with E-state index >= 15 is 0 Å². The SMILES string of the molecule is Clc1cc(CSc2ncnc3sccc23)cc2c1OCCCO2. The van der Waals surface area contributed by atoms with Crippen LogP contribution in [0.4, 0.5) is 0 Å². The molecular formula is C16H13ClN2O2S2. The van der Waals surface area contributed by atoms with Crippen molar-refractivity contribution in [1.29, 1.82) is 0 Å². The summed E-state index contributed by atoms with van der Waals surface area (Å²) in [7, 11) is 0. The topological polar surface area (TPSA) is 44.2 Å². The van der Waals surface area contributed by atoms with Gasteiger partial charge < -0.3 is 9.47 Å². The molecule has 0 atom stereocenters. The molecule has 4 rings (SSSR count). The summed E-state index contributed by atoms with van der Waals surface area (Å²) in [6, 6.07) is 6.00. The summed E-state index contributed by atoms with van der Waals surface area (Å²) in [5.41, 5.74) is 1.09. The van der Waals surface area contributed by atoms with Crippen molar-refractivity contribution in [3.05, 3.63) is 40.5 Å². The van der Waals surface area contributed by atoms with Crippen LogP contribution in [0, 0.1) is 0 Å². The molecule has 2 aromatic heterocycles. The summed E-state index contributed by atoms with van der Waals surface area (Å²) >= 11 is 9.64. The predicted molar refractivity (Wildman–Crippen MR) is 94.0 cm³/mol. The van der Waals surface area contributed by atoms with Gasteiger partial charge in [-0.3, -0.25) is 0 Å². The number of ether oxygens (including phenoxy) is 2. The van der Waals surface area contributed by atoms with Crippen LogP contribution >= 0.6 is 34.7 Å². The Morgan fingerprint density at radius 1 is 1.22 bits per heavy atom. The molecule has 0 saturated heterocycles. The van der Waals surface area contributed by atoms with Gasteiger partial charge in [0.1, 0.15) is 16.2 Å². The van der Waals surface area contributed by atoms with E-state index in [0.29, 0.717) is 24.0 Å². The van der Waals surface area contributed by atoms with Crippen LogP contribution in [0.25, 0.3) is 10.2 Å². The van der Waals surface area contributed by atoms with E-state index in [1.54, 1.807) is 29.4 Å². The summed E-state index contributed by atoms with van der Waals surface area (Å²) in [5, 5.41) is 4.72. The van der Waals surface area contributed by atoms with Crippen molar-refractivity contribution in [2.45, 2.75) is 17.2 Å². The van der Waals surface area contributed by atoms with Gasteiger partial charge in [0.2, 0.25) is 0 Å². The number of thiophene rings is 1. The number of aromatic nitrogens is 2. The first kappa shape index (κ1) is 15.1. The first-order chi connectivity index (χ1) is 11.3. The van der Waals surface area contributed by atoms with Gasteiger partial charge in [-0.05, 0) is 29.1 Å². The Balaban J connectivity index is 1.58. The van der Waals surface area contributed by atoms with Crippen molar-refractivity contribution in [1.82, 2.24) is 9.97 Å². The molecule has 3 heterocycles. The Labute approximate surface area is 146 Å². The monoisotopic (exact) mass is 364 g/mol. The van der Waals surface area contributed by atoms with Crippen LogP contribution in [-0.2, 0) is 5.75 Å². The van der Waals surface area contributed by atoms with Gasteiger partial charge in [0.15, 0.2) is 11.5 Å². The minimum atomic E-state index is 0.600. The molecule has 1 aliphatic heterocycles. The highest BCUT2D eigenvalue weighted by molar-refractivity contribution is 7.98. The molecule has 1 aliphatic rings. The summed E-state index contributed by atoms with van der Waals surface area (Å²) < 4.78 is 11.4. The first-order valence-corrected chi connectivity index (χ1v) is 9.44. The van der Waals surface area contributed by atoms with Crippen LogP contribution in [-0.4, -0.2) is 23.2 Å². The quantitative estimate of drug-likeness (QED) is 0.493. The molecule has 0 amide bonds. The maximum atomic E-state index is 6.34. The van der Waals surface area contributed by atoms with E-state index in [4.69, 9.17) is 21.1 Å². The third-order valence-electron chi connectivity index (χ3n) is 3.46. The average molecular weight is 365 g/mol. The molecule has 0 spiro atoms. The number of thioether (sulfide) groups is 1. The average Bonchev–Trinajstić information content (AvgIpc) is 2.91. The summed E-state index contributed by atoms with van der Waals surface area (Å²) in [4.78, 5) is 9.68. The van der Waals surface area contributed by atoms with Gasteiger partial charge >= 0.3 is 0 Å². The van der Waals surface area contributed by atoms with Crippen LogP contribution in [0.2, 0.25) is 5.02 Å². The molecule has 0 radical (unpaired) electrons. The first-order valence-electron chi connectivity index (χ1n) is 7.20. The summed E-state index contributed by atoms with van der Waals surface area (Å²) in [5.74, 6) is 2.15. The van der Waals surface area contributed by atoms with E-state index in [-0.39, 0.29) is 0 Å². The van der Waals surface area contributed by atoms with E-state index < -0.39 is 0 Å². The molecule has 0 fully saturated rings. The normalized spacial score (nSPS) is 14.0. The van der Waals surface area contributed by atoms with Gasteiger partial charge in [-0.25, -0.2) is 9.97 Å². The fraction of sp³-hybridized carbons (Fsp3) is 0.250. The molecule has 0 N–H and O–H groups in total. The second-order valence-corrected chi connectivity index (χ2v) is 7.33. The maximum Gasteiger partial charge on any atom is 0.179 e. The lowest BCUT2D eigenvalue weighted by Crippen LogP contribution is -1.97.